The van der Waals surface area contributed by atoms with Gasteiger partial charge in [0.2, 0.25) is 5.91 Å². The number of benzene rings is 2. The van der Waals surface area contributed by atoms with Crippen molar-refractivity contribution in [3.05, 3.63) is 60.2 Å². The summed E-state index contributed by atoms with van der Waals surface area (Å²) >= 11 is 0. The molecule has 2 rings (SSSR count). The molecule has 2 aromatic carbocycles. The summed E-state index contributed by atoms with van der Waals surface area (Å²) in [5.41, 5.74) is 2.95. The maximum atomic E-state index is 12.4. The van der Waals surface area contributed by atoms with Crippen LogP contribution in [0.15, 0.2) is 54.6 Å². The van der Waals surface area contributed by atoms with E-state index in [4.69, 9.17) is 5.11 Å². The van der Waals surface area contributed by atoms with Gasteiger partial charge in [0.1, 0.15) is 0 Å². The third-order valence-electron chi connectivity index (χ3n) is 4.28. The molecule has 0 aliphatic rings. The molecule has 0 aliphatic heterocycles. The minimum Gasteiger partial charge on any atom is -0.481 e. The minimum absolute atomic E-state index is 0.0274. The van der Waals surface area contributed by atoms with E-state index in [1.807, 2.05) is 54.6 Å². The Morgan fingerprint density at radius 1 is 1.07 bits per heavy atom. The van der Waals surface area contributed by atoms with E-state index < -0.39 is 31.8 Å². The molecule has 8 nitrogen and oxygen atoms in total. The van der Waals surface area contributed by atoms with Crippen LogP contribution in [0.2, 0.25) is 0 Å². The van der Waals surface area contributed by atoms with Crippen LogP contribution in [0.1, 0.15) is 12.0 Å². The van der Waals surface area contributed by atoms with E-state index in [1.165, 1.54) is 0 Å². The maximum Gasteiger partial charge on any atom is 0.341 e. The second-order valence-electron chi connectivity index (χ2n) is 6.44. The topological polar surface area (TPSA) is 125 Å². The van der Waals surface area contributed by atoms with Gasteiger partial charge in [-0.1, -0.05) is 54.6 Å². The summed E-state index contributed by atoms with van der Waals surface area (Å²) in [4.78, 5) is 32.7. The van der Waals surface area contributed by atoms with Crippen molar-refractivity contribution in [3.8, 4) is 11.1 Å². The van der Waals surface area contributed by atoms with Crippen LogP contribution < -0.4 is 10.6 Å². The van der Waals surface area contributed by atoms with Crippen molar-refractivity contribution in [1.29, 1.82) is 0 Å². The first kappa shape index (κ1) is 22.8. The Bertz CT molecular complexity index is 857. The third-order valence-corrected chi connectivity index (χ3v) is 5.43. The van der Waals surface area contributed by atoms with E-state index in [-0.39, 0.29) is 19.4 Å². The lowest BCUT2D eigenvalue weighted by molar-refractivity contribution is -0.137. The molecule has 1 amide bonds. The van der Waals surface area contributed by atoms with Gasteiger partial charge in [0.05, 0.1) is 18.7 Å². The van der Waals surface area contributed by atoms with E-state index in [0.717, 1.165) is 23.8 Å². The highest BCUT2D eigenvalue weighted by atomic mass is 31.2. The lowest BCUT2D eigenvalue weighted by atomic mass is 10.0. The molecule has 2 aromatic rings. The Morgan fingerprint density at radius 3 is 2.28 bits per heavy atom. The molecule has 0 saturated carbocycles. The molecule has 0 saturated heterocycles. The Hall–Kier alpha value is -2.51. The number of carboxylic acid groups (broad SMARTS) is 1. The quantitative estimate of drug-likeness (QED) is 0.411. The first-order valence-electron chi connectivity index (χ1n) is 9.05. The summed E-state index contributed by atoms with van der Waals surface area (Å²) in [6.07, 6.45) is -0.346. The number of hydrogen-bond donors (Lipinski definition) is 4. The first-order valence-corrected chi connectivity index (χ1v) is 10.8. The summed E-state index contributed by atoms with van der Waals surface area (Å²) < 4.78 is 16.3. The summed E-state index contributed by atoms with van der Waals surface area (Å²) in [5, 5.41) is 14.0. The molecule has 0 heterocycles. The lowest BCUT2D eigenvalue weighted by Gasteiger charge is -2.20. The van der Waals surface area contributed by atoms with Crippen molar-refractivity contribution in [2.24, 2.45) is 0 Å². The maximum absolute atomic E-state index is 12.4. The fraction of sp³-hybridized carbons (Fsp3) is 0.300. The van der Waals surface area contributed by atoms with Gasteiger partial charge < -0.3 is 19.8 Å². The number of carbonyl (C=O) groups excluding carboxylic acids is 1. The van der Waals surface area contributed by atoms with Crippen molar-refractivity contribution >= 4 is 19.5 Å². The number of amides is 1. The normalized spacial score (nSPS) is 14.0. The highest BCUT2D eigenvalue weighted by Crippen LogP contribution is 2.38. The number of aliphatic carboxylic acids is 1. The van der Waals surface area contributed by atoms with Crippen molar-refractivity contribution < 1.29 is 28.7 Å². The predicted molar refractivity (Wildman–Crippen MR) is 109 cm³/mol. The number of nitrogens with one attached hydrogen (secondary N) is 2. The second-order valence-corrected chi connectivity index (χ2v) is 8.39. The van der Waals surface area contributed by atoms with Crippen molar-refractivity contribution in [2.75, 3.05) is 19.9 Å². The molecule has 0 aliphatic carbocycles. The summed E-state index contributed by atoms with van der Waals surface area (Å²) in [6.45, 7) is -0.0274. The fourth-order valence-corrected chi connectivity index (χ4v) is 3.24. The largest absolute Gasteiger partial charge is 0.481 e. The van der Waals surface area contributed by atoms with Crippen LogP contribution in [0.25, 0.3) is 11.1 Å². The van der Waals surface area contributed by atoms with Gasteiger partial charge in [-0.3, -0.25) is 19.5 Å². The molecule has 0 aromatic heterocycles. The van der Waals surface area contributed by atoms with Gasteiger partial charge in [0.25, 0.3) is 0 Å². The molecular formula is C20H25N2O6P. The number of carbonyl (C=O) groups is 2. The average molecular weight is 420 g/mol. The first-order chi connectivity index (χ1) is 13.8. The highest BCUT2D eigenvalue weighted by molar-refractivity contribution is 7.52. The Morgan fingerprint density at radius 2 is 1.69 bits per heavy atom. The molecule has 4 N–H and O–H groups in total. The van der Waals surface area contributed by atoms with Crippen molar-refractivity contribution in [3.63, 3.8) is 0 Å². The van der Waals surface area contributed by atoms with Crippen LogP contribution in [0.3, 0.4) is 0 Å². The number of rotatable bonds is 11. The SMILES string of the molecule is COP(=O)(O)CN[C@H](Cc1ccc(-c2ccccc2)cc1)C(=O)NCCC(=O)O. The van der Waals surface area contributed by atoms with Gasteiger partial charge in [-0.25, -0.2) is 0 Å². The molecule has 2 atom stereocenters. The van der Waals surface area contributed by atoms with Crippen LogP contribution in [0.4, 0.5) is 0 Å². The molecule has 0 radical (unpaired) electrons. The van der Waals surface area contributed by atoms with Gasteiger partial charge in [-0.05, 0) is 23.1 Å². The van der Waals surface area contributed by atoms with E-state index in [9.17, 15) is 19.0 Å². The second kappa shape index (κ2) is 10.9. The summed E-state index contributed by atoms with van der Waals surface area (Å²) in [5.74, 6) is -1.47. The Labute approximate surface area is 169 Å². The zero-order chi connectivity index (χ0) is 21.3. The van der Waals surface area contributed by atoms with Gasteiger partial charge in [0.15, 0.2) is 0 Å². The molecule has 0 bridgehead atoms. The Balaban J connectivity index is 2.07. The molecule has 29 heavy (non-hydrogen) atoms. The standard InChI is InChI=1S/C20H25N2O6P/c1-28-29(26,27)14-22-18(20(25)21-12-11-19(23)24)13-15-7-9-17(10-8-15)16-5-3-2-4-6-16/h2-10,18,22H,11-14H2,1H3,(H,21,25)(H,23,24)(H,26,27)/t18-/m1/s1. The van der Waals surface area contributed by atoms with Crippen LogP contribution >= 0.6 is 7.60 Å². The van der Waals surface area contributed by atoms with Crippen LogP contribution in [0, 0.1) is 0 Å². The van der Waals surface area contributed by atoms with Gasteiger partial charge >= 0.3 is 13.6 Å². The van der Waals surface area contributed by atoms with Gasteiger partial charge in [-0.15, -0.1) is 0 Å². The van der Waals surface area contributed by atoms with Crippen molar-refractivity contribution in [2.45, 2.75) is 18.9 Å². The van der Waals surface area contributed by atoms with Gasteiger partial charge in [-0.2, -0.15) is 0 Å². The monoisotopic (exact) mass is 420 g/mol. The summed E-state index contributed by atoms with van der Waals surface area (Å²) in [7, 11) is -2.73. The highest BCUT2D eigenvalue weighted by Gasteiger charge is 2.24. The van der Waals surface area contributed by atoms with Crippen LogP contribution in [0.5, 0.6) is 0 Å². The minimum atomic E-state index is -3.85. The molecular weight excluding hydrogens is 395 g/mol. The van der Waals surface area contributed by atoms with Gasteiger partial charge in [0, 0.05) is 13.7 Å². The molecule has 9 heteroatoms. The predicted octanol–water partition coefficient (Wildman–Crippen LogP) is 2.23. The molecule has 0 fully saturated rings. The average Bonchev–Trinajstić information content (AvgIpc) is 2.72. The van der Waals surface area contributed by atoms with E-state index in [1.54, 1.807) is 0 Å². The van der Waals surface area contributed by atoms with E-state index in [2.05, 4.69) is 15.2 Å². The number of hydrogen-bond acceptors (Lipinski definition) is 5. The number of carboxylic acids is 1. The van der Waals surface area contributed by atoms with E-state index >= 15 is 0 Å². The summed E-state index contributed by atoms with van der Waals surface area (Å²) in [6, 6.07) is 16.7. The van der Waals surface area contributed by atoms with Crippen LogP contribution in [-0.2, 0) is 25.1 Å². The Kier molecular flexibility index (Phi) is 8.54. The third kappa shape index (κ3) is 7.79. The smallest absolute Gasteiger partial charge is 0.341 e. The zero-order valence-corrected chi connectivity index (χ0v) is 17.0. The molecule has 156 valence electrons. The lowest BCUT2D eigenvalue weighted by Crippen LogP contribution is -2.46. The fourth-order valence-electron chi connectivity index (χ4n) is 2.66. The van der Waals surface area contributed by atoms with E-state index in [0.29, 0.717) is 0 Å². The zero-order valence-electron chi connectivity index (χ0n) is 16.1. The van der Waals surface area contributed by atoms with Crippen molar-refractivity contribution in [1.82, 2.24) is 10.6 Å². The molecule has 0 spiro atoms. The van der Waals surface area contributed by atoms with Crippen LogP contribution in [-0.4, -0.2) is 47.9 Å². The molecule has 1 unspecified atom stereocenters.